The van der Waals surface area contributed by atoms with Gasteiger partial charge in [-0.1, -0.05) is 18.2 Å². The molecular weight excluding hydrogens is 360 g/mol. The second-order valence-electron chi connectivity index (χ2n) is 7.15. The minimum absolute atomic E-state index is 0.00983. The standard InChI is InChI=1S/C21H24N2O3S/c1-15(24)23(16-7-8-16)13-21(25)22-11-9-20-18(10-12-27-20)19(22)14-26-17-5-3-2-4-6-17/h2-6,10,12,16,19H,7-9,11,13-14H2,1H3/t19-/m0/s1. The third-order valence-electron chi connectivity index (χ3n) is 5.26. The van der Waals surface area contributed by atoms with Crippen LogP contribution in [-0.2, 0) is 16.0 Å². The summed E-state index contributed by atoms with van der Waals surface area (Å²) in [6, 6.07) is 11.9. The lowest BCUT2D eigenvalue weighted by molar-refractivity contribution is -0.142. The van der Waals surface area contributed by atoms with Crippen LogP contribution >= 0.6 is 11.3 Å². The Bertz CT molecular complexity index is 816. The molecule has 2 amide bonds. The molecule has 2 heterocycles. The quantitative estimate of drug-likeness (QED) is 0.768. The molecule has 2 aliphatic rings. The molecule has 1 aromatic heterocycles. The summed E-state index contributed by atoms with van der Waals surface area (Å²) in [4.78, 5) is 30.0. The molecule has 1 atom stereocenters. The Kier molecular flexibility index (Phi) is 5.16. The van der Waals surface area contributed by atoms with E-state index in [2.05, 4.69) is 11.4 Å². The number of ether oxygens (including phenoxy) is 1. The van der Waals surface area contributed by atoms with Gasteiger partial charge in [0.2, 0.25) is 11.8 Å². The molecule has 1 fully saturated rings. The average molecular weight is 385 g/mol. The summed E-state index contributed by atoms with van der Waals surface area (Å²) in [5.74, 6) is 0.794. The maximum atomic E-state index is 13.1. The summed E-state index contributed by atoms with van der Waals surface area (Å²) < 4.78 is 5.99. The molecular formula is C21H24N2O3S. The lowest BCUT2D eigenvalue weighted by Crippen LogP contribution is -2.48. The van der Waals surface area contributed by atoms with Crippen molar-refractivity contribution in [2.24, 2.45) is 0 Å². The van der Waals surface area contributed by atoms with E-state index in [9.17, 15) is 9.59 Å². The van der Waals surface area contributed by atoms with Crippen LogP contribution < -0.4 is 4.74 Å². The molecule has 0 spiro atoms. The van der Waals surface area contributed by atoms with Crippen molar-refractivity contribution in [2.75, 3.05) is 19.7 Å². The first kappa shape index (κ1) is 18.0. The van der Waals surface area contributed by atoms with Crippen LogP contribution in [0.1, 0.15) is 36.2 Å². The Balaban J connectivity index is 1.51. The normalized spacial score (nSPS) is 18.7. The monoisotopic (exact) mass is 384 g/mol. The maximum Gasteiger partial charge on any atom is 0.242 e. The van der Waals surface area contributed by atoms with E-state index < -0.39 is 0 Å². The Labute approximate surface area is 163 Å². The Hall–Kier alpha value is -2.34. The zero-order valence-electron chi connectivity index (χ0n) is 15.5. The average Bonchev–Trinajstić information content (AvgIpc) is 3.40. The predicted octanol–water partition coefficient (Wildman–Crippen LogP) is 3.26. The van der Waals surface area contributed by atoms with Crippen molar-refractivity contribution in [3.05, 3.63) is 52.2 Å². The number of benzene rings is 1. The van der Waals surface area contributed by atoms with Gasteiger partial charge in [0.05, 0.1) is 6.04 Å². The number of amides is 2. The zero-order chi connectivity index (χ0) is 18.8. The Morgan fingerprint density at radius 3 is 2.70 bits per heavy atom. The molecule has 4 rings (SSSR count). The highest BCUT2D eigenvalue weighted by molar-refractivity contribution is 7.10. The van der Waals surface area contributed by atoms with Crippen LogP contribution in [0.25, 0.3) is 0 Å². The van der Waals surface area contributed by atoms with Crippen molar-refractivity contribution in [3.8, 4) is 5.75 Å². The molecule has 0 N–H and O–H groups in total. The number of fused-ring (bicyclic) bond motifs is 1. The zero-order valence-corrected chi connectivity index (χ0v) is 16.3. The molecule has 0 bridgehead atoms. The molecule has 0 radical (unpaired) electrons. The van der Waals surface area contributed by atoms with Crippen molar-refractivity contribution >= 4 is 23.2 Å². The van der Waals surface area contributed by atoms with E-state index in [-0.39, 0.29) is 30.4 Å². The van der Waals surface area contributed by atoms with Crippen molar-refractivity contribution in [1.29, 1.82) is 0 Å². The summed E-state index contributed by atoms with van der Waals surface area (Å²) in [5, 5.41) is 2.08. The van der Waals surface area contributed by atoms with Gasteiger partial charge in [0, 0.05) is 24.4 Å². The third kappa shape index (κ3) is 4.00. The number of carbonyl (C=O) groups is 2. The highest BCUT2D eigenvalue weighted by Crippen LogP contribution is 2.34. The van der Waals surface area contributed by atoms with E-state index in [1.165, 1.54) is 10.4 Å². The fraction of sp³-hybridized carbons (Fsp3) is 0.429. The lowest BCUT2D eigenvalue weighted by Gasteiger charge is -2.37. The van der Waals surface area contributed by atoms with Crippen LogP contribution in [0.3, 0.4) is 0 Å². The molecule has 1 aliphatic carbocycles. The minimum atomic E-state index is -0.110. The molecule has 27 heavy (non-hydrogen) atoms. The fourth-order valence-corrected chi connectivity index (χ4v) is 4.61. The Morgan fingerprint density at radius 1 is 1.22 bits per heavy atom. The number of nitrogens with zero attached hydrogens (tertiary/aromatic N) is 2. The molecule has 0 unspecified atom stereocenters. The molecule has 6 heteroatoms. The van der Waals surface area contributed by atoms with E-state index in [0.717, 1.165) is 25.0 Å². The van der Waals surface area contributed by atoms with Gasteiger partial charge in [0.1, 0.15) is 18.9 Å². The molecule has 1 saturated carbocycles. The van der Waals surface area contributed by atoms with Gasteiger partial charge in [-0.2, -0.15) is 0 Å². The number of para-hydroxylation sites is 1. The fourth-order valence-electron chi connectivity index (χ4n) is 3.69. The largest absolute Gasteiger partial charge is 0.491 e. The van der Waals surface area contributed by atoms with E-state index in [0.29, 0.717) is 13.2 Å². The summed E-state index contributed by atoms with van der Waals surface area (Å²) in [5.41, 5.74) is 1.18. The highest BCUT2D eigenvalue weighted by atomic mass is 32.1. The van der Waals surface area contributed by atoms with Crippen LogP contribution in [-0.4, -0.2) is 47.4 Å². The Morgan fingerprint density at radius 2 is 2.00 bits per heavy atom. The van der Waals surface area contributed by atoms with Gasteiger partial charge in [-0.25, -0.2) is 0 Å². The van der Waals surface area contributed by atoms with Crippen LogP contribution in [0.15, 0.2) is 41.8 Å². The van der Waals surface area contributed by atoms with Gasteiger partial charge in [-0.05, 0) is 48.4 Å². The van der Waals surface area contributed by atoms with Crippen LogP contribution in [0.2, 0.25) is 0 Å². The molecule has 2 aromatic rings. The van der Waals surface area contributed by atoms with E-state index in [1.54, 1.807) is 23.2 Å². The highest BCUT2D eigenvalue weighted by Gasteiger charge is 2.36. The molecule has 1 aliphatic heterocycles. The second-order valence-corrected chi connectivity index (χ2v) is 8.15. The number of thiophene rings is 1. The molecule has 5 nitrogen and oxygen atoms in total. The van der Waals surface area contributed by atoms with Crippen molar-refractivity contribution in [1.82, 2.24) is 9.80 Å². The molecule has 0 saturated heterocycles. The van der Waals surface area contributed by atoms with E-state index in [4.69, 9.17) is 4.74 Å². The van der Waals surface area contributed by atoms with Gasteiger partial charge in [-0.3, -0.25) is 9.59 Å². The van der Waals surface area contributed by atoms with E-state index >= 15 is 0 Å². The third-order valence-corrected chi connectivity index (χ3v) is 6.26. The van der Waals surface area contributed by atoms with Gasteiger partial charge in [0.25, 0.3) is 0 Å². The lowest BCUT2D eigenvalue weighted by atomic mass is 10.0. The predicted molar refractivity (Wildman–Crippen MR) is 105 cm³/mol. The van der Waals surface area contributed by atoms with Gasteiger partial charge in [0.15, 0.2) is 0 Å². The first-order chi connectivity index (χ1) is 13.1. The summed E-state index contributed by atoms with van der Waals surface area (Å²) in [7, 11) is 0. The first-order valence-electron chi connectivity index (χ1n) is 9.44. The summed E-state index contributed by atoms with van der Waals surface area (Å²) >= 11 is 1.74. The van der Waals surface area contributed by atoms with Crippen molar-refractivity contribution < 1.29 is 14.3 Å². The minimum Gasteiger partial charge on any atom is -0.491 e. The molecule has 1 aromatic carbocycles. The number of rotatable bonds is 6. The summed E-state index contributed by atoms with van der Waals surface area (Å²) in [6.07, 6.45) is 2.87. The maximum absolute atomic E-state index is 13.1. The smallest absolute Gasteiger partial charge is 0.242 e. The van der Waals surface area contributed by atoms with Gasteiger partial charge < -0.3 is 14.5 Å². The van der Waals surface area contributed by atoms with Crippen molar-refractivity contribution in [3.63, 3.8) is 0 Å². The SMILES string of the molecule is CC(=O)N(CC(=O)N1CCc2sccc2[C@@H]1COc1ccccc1)C1CC1. The van der Waals surface area contributed by atoms with Crippen LogP contribution in [0.5, 0.6) is 5.75 Å². The first-order valence-corrected chi connectivity index (χ1v) is 10.3. The number of hydrogen-bond acceptors (Lipinski definition) is 4. The van der Waals surface area contributed by atoms with Crippen molar-refractivity contribution in [2.45, 2.75) is 38.3 Å². The second kappa shape index (κ2) is 7.72. The number of carbonyl (C=O) groups excluding carboxylic acids is 2. The summed E-state index contributed by atoms with van der Waals surface area (Å²) in [6.45, 7) is 2.81. The van der Waals surface area contributed by atoms with E-state index in [1.807, 2.05) is 35.2 Å². The van der Waals surface area contributed by atoms with Crippen LogP contribution in [0, 0.1) is 0 Å². The van der Waals surface area contributed by atoms with Crippen LogP contribution in [0.4, 0.5) is 0 Å². The van der Waals surface area contributed by atoms with Gasteiger partial charge >= 0.3 is 0 Å². The topological polar surface area (TPSA) is 49.9 Å². The molecule has 142 valence electrons. The van der Waals surface area contributed by atoms with Gasteiger partial charge in [-0.15, -0.1) is 11.3 Å². The number of hydrogen-bond donors (Lipinski definition) is 0.